The van der Waals surface area contributed by atoms with Crippen LogP contribution < -0.4 is 9.47 Å². The largest absolute Gasteiger partial charge is 0.465 e. The smallest absolute Gasteiger partial charge is 0.338 e. The highest BCUT2D eigenvalue weighted by molar-refractivity contribution is 7.90. The molecule has 0 heterocycles. The fourth-order valence-corrected chi connectivity index (χ4v) is 5.10. The molecule has 0 aliphatic heterocycles. The number of rotatable bonds is 8. The molecule has 0 fully saturated rings. The number of hydrogen-bond acceptors (Lipinski definition) is 7. The van der Waals surface area contributed by atoms with Gasteiger partial charge in [0, 0.05) is 12.3 Å². The van der Waals surface area contributed by atoms with Gasteiger partial charge in [-0.1, -0.05) is 20.8 Å². The number of sulfone groups is 1. The first-order chi connectivity index (χ1) is 14.9. The van der Waals surface area contributed by atoms with Crippen molar-refractivity contribution in [2.45, 2.75) is 63.4 Å². The van der Waals surface area contributed by atoms with Gasteiger partial charge >= 0.3 is 5.97 Å². The van der Waals surface area contributed by atoms with Gasteiger partial charge in [-0.2, -0.15) is 0 Å². The fraction of sp³-hybridized carbons (Fsp3) is 0.458. The second kappa shape index (κ2) is 9.48. The predicted molar refractivity (Wildman–Crippen MR) is 130 cm³/mol. The Kier molecular flexibility index (Phi) is 7.72. The van der Waals surface area contributed by atoms with Crippen LogP contribution >= 0.6 is 0 Å². The average Bonchev–Trinajstić information content (AvgIpc) is 2.64. The van der Waals surface area contributed by atoms with Crippen LogP contribution in [0.5, 0.6) is 17.2 Å². The van der Waals surface area contributed by atoms with Crippen molar-refractivity contribution in [3.63, 3.8) is 0 Å². The Balaban J connectivity index is 2.36. The maximum Gasteiger partial charge on any atom is 0.338 e. The van der Waals surface area contributed by atoms with Crippen molar-refractivity contribution < 1.29 is 31.8 Å². The maximum absolute atomic E-state index is 12.2. The lowest BCUT2D eigenvalue weighted by Gasteiger charge is -2.42. The Morgan fingerprint density at radius 1 is 0.879 bits per heavy atom. The molecule has 0 aliphatic carbocycles. The third-order valence-electron chi connectivity index (χ3n) is 5.46. The number of hydrogen-bond donors (Lipinski definition) is 0. The van der Waals surface area contributed by atoms with E-state index < -0.39 is 29.9 Å². The van der Waals surface area contributed by atoms with Crippen molar-refractivity contribution in [3.05, 3.63) is 48.0 Å². The number of ether oxygens (including phenoxy) is 3. The molecule has 0 bridgehead atoms. The van der Waals surface area contributed by atoms with Crippen LogP contribution in [-0.2, 0) is 19.0 Å². The summed E-state index contributed by atoms with van der Waals surface area (Å²) in [4.78, 5) is 12.4. The Bertz CT molecular complexity index is 1100. The van der Waals surface area contributed by atoms with Crippen LogP contribution in [0.2, 0.25) is 18.1 Å². The highest BCUT2D eigenvalue weighted by Crippen LogP contribution is 2.40. The number of benzene rings is 2. The molecular weight excluding hydrogens is 460 g/mol. The Morgan fingerprint density at radius 3 is 1.91 bits per heavy atom. The third kappa shape index (κ3) is 7.31. The second-order valence-electron chi connectivity index (χ2n) is 9.89. The van der Waals surface area contributed by atoms with E-state index in [-0.39, 0.29) is 15.5 Å². The van der Waals surface area contributed by atoms with Crippen LogP contribution in [0, 0.1) is 0 Å². The molecule has 0 amide bonds. The monoisotopic (exact) mass is 494 g/mol. The summed E-state index contributed by atoms with van der Waals surface area (Å²) in [6.45, 7) is 14.4. The zero-order chi connectivity index (χ0) is 25.2. The lowest BCUT2D eigenvalue weighted by molar-refractivity contribution is -0.0915. The molecule has 2 aromatic rings. The van der Waals surface area contributed by atoms with E-state index in [0.717, 1.165) is 6.26 Å². The van der Waals surface area contributed by atoms with Crippen molar-refractivity contribution in [1.29, 1.82) is 0 Å². The van der Waals surface area contributed by atoms with E-state index in [2.05, 4.69) is 33.9 Å². The van der Waals surface area contributed by atoms with Gasteiger partial charge in [-0.25, -0.2) is 13.2 Å². The van der Waals surface area contributed by atoms with E-state index in [0.29, 0.717) is 17.2 Å². The van der Waals surface area contributed by atoms with E-state index in [1.807, 2.05) is 13.8 Å². The van der Waals surface area contributed by atoms with Gasteiger partial charge in [-0.3, -0.25) is 0 Å². The second-order valence-corrected chi connectivity index (χ2v) is 16.6. The van der Waals surface area contributed by atoms with Gasteiger partial charge in [-0.15, -0.1) is 0 Å². The van der Waals surface area contributed by atoms with Gasteiger partial charge in [0.25, 0.3) is 0 Å². The number of carbonyl (C=O) groups is 1. The van der Waals surface area contributed by atoms with Crippen molar-refractivity contribution in [1.82, 2.24) is 0 Å². The third-order valence-corrected chi connectivity index (χ3v) is 11.2. The van der Waals surface area contributed by atoms with Gasteiger partial charge in [-0.05, 0) is 68.4 Å². The summed E-state index contributed by atoms with van der Waals surface area (Å²) >= 11 is 0. The lowest BCUT2D eigenvalue weighted by atomic mass is 10.2. The standard InChI is InChI=1S/C24H34O7SSi/c1-23(2,3)33(8,9)31-24(4,5)30-20-15-17(22(25)28-6)14-19(16-20)29-18-10-12-21(13-11-18)32(7,26)27/h10-16H,1-9H3. The molecule has 0 radical (unpaired) electrons. The molecule has 0 unspecified atom stereocenters. The topological polar surface area (TPSA) is 88.1 Å². The Morgan fingerprint density at radius 2 is 1.42 bits per heavy atom. The van der Waals surface area contributed by atoms with E-state index in [1.54, 1.807) is 24.3 Å². The molecule has 0 N–H and O–H groups in total. The minimum Gasteiger partial charge on any atom is -0.465 e. The number of esters is 1. The summed E-state index contributed by atoms with van der Waals surface area (Å²) in [6.07, 6.45) is 1.14. The summed E-state index contributed by atoms with van der Waals surface area (Å²) in [6, 6.07) is 10.8. The van der Waals surface area contributed by atoms with Crippen molar-refractivity contribution in [2.75, 3.05) is 13.4 Å². The molecule has 0 aromatic heterocycles. The minimum absolute atomic E-state index is 0.00605. The van der Waals surface area contributed by atoms with Crippen LogP contribution in [0.1, 0.15) is 45.0 Å². The SMILES string of the molecule is COC(=O)c1cc(Oc2ccc(S(C)(=O)=O)cc2)cc(OC(C)(C)O[Si](C)(C)C(C)(C)C)c1. The molecule has 9 heteroatoms. The number of carbonyl (C=O) groups excluding carboxylic acids is 1. The zero-order valence-corrected chi connectivity index (χ0v) is 22.6. The summed E-state index contributed by atoms with van der Waals surface area (Å²) < 4.78 is 46.7. The minimum atomic E-state index is -3.31. The van der Waals surface area contributed by atoms with E-state index in [1.165, 1.54) is 25.3 Å². The first-order valence-electron chi connectivity index (χ1n) is 10.5. The fourth-order valence-electron chi connectivity index (χ4n) is 2.89. The van der Waals surface area contributed by atoms with Crippen molar-refractivity contribution >= 4 is 24.1 Å². The molecule has 182 valence electrons. The molecule has 0 saturated carbocycles. The van der Waals surface area contributed by atoms with Crippen LogP contribution in [0.4, 0.5) is 0 Å². The molecule has 0 aliphatic rings. The maximum atomic E-state index is 12.2. The average molecular weight is 495 g/mol. The first kappa shape index (κ1) is 26.9. The van der Waals surface area contributed by atoms with Gasteiger partial charge in [0.2, 0.25) is 0 Å². The number of methoxy groups -OCH3 is 1. The van der Waals surface area contributed by atoms with Gasteiger partial charge in [0.1, 0.15) is 17.2 Å². The van der Waals surface area contributed by atoms with Gasteiger partial charge in [0.05, 0.1) is 17.6 Å². The van der Waals surface area contributed by atoms with Crippen molar-refractivity contribution in [2.24, 2.45) is 0 Å². The van der Waals surface area contributed by atoms with Gasteiger partial charge in [0.15, 0.2) is 23.9 Å². The molecule has 0 atom stereocenters. The summed E-state index contributed by atoms with van der Waals surface area (Å²) in [7, 11) is -4.15. The Hall–Kier alpha value is -2.36. The first-order valence-corrected chi connectivity index (χ1v) is 15.3. The van der Waals surface area contributed by atoms with Crippen molar-refractivity contribution in [3.8, 4) is 17.2 Å². The zero-order valence-electron chi connectivity index (χ0n) is 20.8. The quantitative estimate of drug-likeness (QED) is 0.260. The van der Waals surface area contributed by atoms with Crippen LogP contribution in [0.3, 0.4) is 0 Å². The van der Waals surface area contributed by atoms with Crippen LogP contribution in [0.25, 0.3) is 0 Å². The molecule has 2 aromatic carbocycles. The van der Waals surface area contributed by atoms with Gasteiger partial charge < -0.3 is 18.6 Å². The molecule has 2 rings (SSSR count). The molecule has 0 saturated heterocycles. The van der Waals surface area contributed by atoms with Crippen LogP contribution in [0.15, 0.2) is 47.4 Å². The molecule has 33 heavy (non-hydrogen) atoms. The summed E-state index contributed by atoms with van der Waals surface area (Å²) in [5, 5.41) is -0.00605. The summed E-state index contributed by atoms with van der Waals surface area (Å²) in [5.74, 6) is -0.368. The highest BCUT2D eigenvalue weighted by atomic mass is 32.2. The molecule has 7 nitrogen and oxygen atoms in total. The highest BCUT2D eigenvalue weighted by Gasteiger charge is 2.42. The molecule has 0 spiro atoms. The lowest BCUT2D eigenvalue weighted by Crippen LogP contribution is -2.49. The van der Waals surface area contributed by atoms with E-state index >= 15 is 0 Å². The van der Waals surface area contributed by atoms with E-state index in [9.17, 15) is 13.2 Å². The predicted octanol–water partition coefficient (Wildman–Crippen LogP) is 5.81. The molecular formula is C24H34O7SSi. The van der Waals surface area contributed by atoms with Crippen LogP contribution in [-0.4, -0.2) is 41.9 Å². The summed E-state index contributed by atoms with van der Waals surface area (Å²) in [5.41, 5.74) is 0.251. The normalized spacial score (nSPS) is 12.9. The van der Waals surface area contributed by atoms with E-state index in [4.69, 9.17) is 18.6 Å². The Labute approximate surface area is 198 Å².